The summed E-state index contributed by atoms with van der Waals surface area (Å²) in [4.78, 5) is 12.8. The number of hydrogen-bond acceptors (Lipinski definition) is 4. The van der Waals surface area contributed by atoms with E-state index in [1.54, 1.807) is 0 Å². The molecule has 0 aliphatic carbocycles. The first-order valence-electron chi connectivity index (χ1n) is 3.89. The fourth-order valence-electron chi connectivity index (χ4n) is 0.962. The highest BCUT2D eigenvalue weighted by Gasteiger charge is 2.36. The predicted molar refractivity (Wildman–Crippen MR) is 55.1 cm³/mol. The Balaban J connectivity index is 3.32. The SMILES string of the molecule is O=[N+]([O-])c1c(OC(F)(F)F)cnc(CF)c1I. The van der Waals surface area contributed by atoms with Crippen LogP contribution in [0, 0.1) is 13.7 Å². The van der Waals surface area contributed by atoms with Gasteiger partial charge >= 0.3 is 12.0 Å². The number of nitrogens with zero attached hydrogens (tertiary/aromatic N) is 2. The Bertz CT molecular complexity index is 451. The molecule has 0 aromatic carbocycles. The zero-order valence-corrected chi connectivity index (χ0v) is 9.95. The third-order valence-electron chi connectivity index (χ3n) is 1.57. The molecule has 1 aromatic rings. The number of nitro groups is 1. The molecule has 0 spiro atoms. The van der Waals surface area contributed by atoms with E-state index in [9.17, 15) is 27.7 Å². The van der Waals surface area contributed by atoms with E-state index in [1.807, 2.05) is 0 Å². The van der Waals surface area contributed by atoms with Crippen LogP contribution in [0.5, 0.6) is 5.75 Å². The minimum Gasteiger partial charge on any atom is -0.397 e. The Kier molecular flexibility index (Phi) is 4.06. The summed E-state index contributed by atoms with van der Waals surface area (Å²) in [6.45, 7) is -1.12. The van der Waals surface area contributed by atoms with Crippen LogP contribution in [0.25, 0.3) is 0 Å². The number of pyridine rings is 1. The van der Waals surface area contributed by atoms with E-state index >= 15 is 0 Å². The molecule has 0 saturated carbocycles. The molecule has 94 valence electrons. The fraction of sp³-hybridized carbons (Fsp3) is 0.286. The molecule has 0 N–H and O–H groups in total. The van der Waals surface area contributed by atoms with Crippen LogP contribution in [0.15, 0.2) is 6.20 Å². The van der Waals surface area contributed by atoms with Crippen molar-refractivity contribution in [1.82, 2.24) is 4.98 Å². The van der Waals surface area contributed by atoms with E-state index in [0.29, 0.717) is 6.20 Å². The molecule has 1 heterocycles. The van der Waals surface area contributed by atoms with Gasteiger partial charge in [0, 0.05) is 0 Å². The summed E-state index contributed by atoms with van der Waals surface area (Å²) in [7, 11) is 0. The monoisotopic (exact) mass is 366 g/mol. The second-order valence-corrected chi connectivity index (χ2v) is 3.75. The zero-order chi connectivity index (χ0) is 13.2. The average Bonchev–Trinajstić information content (AvgIpc) is 2.14. The molecule has 0 saturated heterocycles. The third-order valence-corrected chi connectivity index (χ3v) is 2.70. The Morgan fingerprint density at radius 1 is 1.53 bits per heavy atom. The molecule has 0 unspecified atom stereocenters. The Hall–Kier alpha value is -1.20. The molecular weight excluding hydrogens is 363 g/mol. The predicted octanol–water partition coefficient (Wildman–Crippen LogP) is 2.96. The van der Waals surface area contributed by atoms with Crippen molar-refractivity contribution in [3.63, 3.8) is 0 Å². The van der Waals surface area contributed by atoms with Gasteiger partial charge in [0.05, 0.1) is 16.8 Å². The van der Waals surface area contributed by atoms with Gasteiger partial charge in [-0.3, -0.25) is 15.1 Å². The molecule has 1 aromatic heterocycles. The molecule has 1 rings (SSSR count). The molecule has 17 heavy (non-hydrogen) atoms. The lowest BCUT2D eigenvalue weighted by Crippen LogP contribution is -2.18. The average molecular weight is 366 g/mol. The molecule has 0 radical (unpaired) electrons. The Labute approximate surface area is 105 Å². The highest BCUT2D eigenvalue weighted by Crippen LogP contribution is 2.36. The second kappa shape index (κ2) is 4.98. The minimum absolute atomic E-state index is 0.313. The maximum Gasteiger partial charge on any atom is 0.573 e. The number of hydrogen-bond donors (Lipinski definition) is 0. The molecule has 10 heteroatoms. The summed E-state index contributed by atoms with van der Waals surface area (Å²) < 4.78 is 51.3. The van der Waals surface area contributed by atoms with Crippen LogP contribution < -0.4 is 4.74 Å². The van der Waals surface area contributed by atoms with Crippen molar-refractivity contribution >= 4 is 28.3 Å². The molecule has 0 aliphatic rings. The van der Waals surface area contributed by atoms with E-state index in [-0.39, 0.29) is 9.26 Å². The maximum absolute atomic E-state index is 12.3. The van der Waals surface area contributed by atoms with Gasteiger partial charge in [0.2, 0.25) is 5.75 Å². The van der Waals surface area contributed by atoms with E-state index in [4.69, 9.17) is 0 Å². The van der Waals surface area contributed by atoms with E-state index in [0.717, 1.165) is 0 Å². The summed E-state index contributed by atoms with van der Waals surface area (Å²) in [6.07, 6.45) is -4.60. The molecule has 0 bridgehead atoms. The summed E-state index contributed by atoms with van der Waals surface area (Å²) in [5.74, 6) is -1.07. The van der Waals surface area contributed by atoms with Gasteiger partial charge in [-0.15, -0.1) is 13.2 Å². The molecule has 0 aliphatic heterocycles. The summed E-state index contributed by atoms with van der Waals surface area (Å²) in [5, 5.41) is 10.6. The van der Waals surface area contributed by atoms with Crippen LogP contribution in [0.1, 0.15) is 5.69 Å². The smallest absolute Gasteiger partial charge is 0.397 e. The zero-order valence-electron chi connectivity index (χ0n) is 7.79. The number of ether oxygens (including phenoxy) is 1. The topological polar surface area (TPSA) is 65.3 Å². The van der Waals surface area contributed by atoms with E-state index in [2.05, 4.69) is 9.72 Å². The summed E-state index contributed by atoms with van der Waals surface area (Å²) >= 11 is 1.34. The van der Waals surface area contributed by atoms with Crippen LogP contribution in [0.3, 0.4) is 0 Å². The van der Waals surface area contributed by atoms with Crippen molar-refractivity contribution in [3.8, 4) is 5.75 Å². The molecule has 5 nitrogen and oxygen atoms in total. The lowest BCUT2D eigenvalue weighted by molar-refractivity contribution is -0.389. The first-order valence-corrected chi connectivity index (χ1v) is 4.97. The van der Waals surface area contributed by atoms with Gasteiger partial charge in [-0.2, -0.15) is 0 Å². The van der Waals surface area contributed by atoms with Crippen LogP contribution in [-0.4, -0.2) is 16.3 Å². The van der Waals surface area contributed by atoms with Gasteiger partial charge in [-0.1, -0.05) is 0 Å². The van der Waals surface area contributed by atoms with Gasteiger partial charge in [-0.05, 0) is 22.6 Å². The van der Waals surface area contributed by atoms with Crippen molar-refractivity contribution in [2.45, 2.75) is 13.0 Å². The van der Waals surface area contributed by atoms with Gasteiger partial charge in [0.1, 0.15) is 10.2 Å². The molecule has 0 fully saturated rings. The van der Waals surface area contributed by atoms with Crippen LogP contribution >= 0.6 is 22.6 Å². The van der Waals surface area contributed by atoms with Gasteiger partial charge in [0.15, 0.2) is 0 Å². The number of halogens is 5. The number of rotatable bonds is 3. The van der Waals surface area contributed by atoms with Crippen LogP contribution in [0.2, 0.25) is 0 Å². The van der Waals surface area contributed by atoms with E-state index in [1.165, 1.54) is 22.6 Å². The van der Waals surface area contributed by atoms with Crippen molar-refractivity contribution in [3.05, 3.63) is 25.6 Å². The maximum atomic E-state index is 12.3. The second-order valence-electron chi connectivity index (χ2n) is 2.67. The first kappa shape index (κ1) is 13.9. The lowest BCUT2D eigenvalue weighted by Gasteiger charge is -2.10. The van der Waals surface area contributed by atoms with Gasteiger partial charge in [0.25, 0.3) is 0 Å². The highest BCUT2D eigenvalue weighted by atomic mass is 127. The van der Waals surface area contributed by atoms with Crippen molar-refractivity contribution in [2.24, 2.45) is 0 Å². The third kappa shape index (κ3) is 3.38. The fourth-order valence-corrected chi connectivity index (χ4v) is 1.71. The largest absolute Gasteiger partial charge is 0.573 e. The molecule has 0 atom stereocenters. The highest BCUT2D eigenvalue weighted by molar-refractivity contribution is 14.1. The Morgan fingerprint density at radius 2 is 2.12 bits per heavy atom. The summed E-state index contributed by atoms with van der Waals surface area (Å²) in [5.41, 5.74) is -1.27. The standard InChI is InChI=1S/C7H3F4IN2O3/c8-1-3-5(12)6(14(15)16)4(2-13-3)17-7(9,10)11/h2H,1H2. The van der Waals surface area contributed by atoms with Crippen LogP contribution in [-0.2, 0) is 6.67 Å². The Morgan fingerprint density at radius 3 is 2.53 bits per heavy atom. The van der Waals surface area contributed by atoms with Gasteiger partial charge < -0.3 is 4.74 Å². The number of alkyl halides is 4. The van der Waals surface area contributed by atoms with Crippen molar-refractivity contribution < 1.29 is 27.2 Å². The summed E-state index contributed by atoms with van der Waals surface area (Å²) in [6, 6.07) is 0. The molecular formula is C7H3F4IN2O3. The normalized spacial score (nSPS) is 11.4. The first-order chi connectivity index (χ1) is 7.76. The minimum atomic E-state index is -5.08. The van der Waals surface area contributed by atoms with Crippen molar-refractivity contribution in [2.75, 3.05) is 0 Å². The van der Waals surface area contributed by atoms with Crippen molar-refractivity contribution in [1.29, 1.82) is 0 Å². The van der Waals surface area contributed by atoms with Gasteiger partial charge in [-0.25, -0.2) is 4.39 Å². The quantitative estimate of drug-likeness (QED) is 0.357. The molecule has 0 amide bonds. The van der Waals surface area contributed by atoms with E-state index < -0.39 is 29.4 Å². The lowest BCUT2D eigenvalue weighted by atomic mass is 10.3. The van der Waals surface area contributed by atoms with Crippen LogP contribution in [0.4, 0.5) is 23.2 Å². The number of aromatic nitrogens is 1.